The molecule has 0 bridgehead atoms. The number of benzene rings is 2. The minimum Gasteiger partial charge on any atom is -0.502 e. The molecule has 0 fully saturated rings. The first-order valence-corrected chi connectivity index (χ1v) is 6.46. The highest BCUT2D eigenvalue weighted by Gasteiger charge is 2.15. The lowest BCUT2D eigenvalue weighted by molar-refractivity contribution is -0.386. The van der Waals surface area contributed by atoms with Gasteiger partial charge in [-0.1, -0.05) is 0 Å². The second kappa shape index (κ2) is 8.36. The Labute approximate surface area is 134 Å². The number of aromatic hydroxyl groups is 1. The number of phenols is 1. The molecule has 24 heavy (non-hydrogen) atoms. The molecule has 0 aliphatic heterocycles. The molecule has 0 unspecified atom stereocenters. The molecule has 2 aromatic carbocycles. The number of halogens is 2. The van der Waals surface area contributed by atoms with Crippen LogP contribution in [0.5, 0.6) is 11.5 Å². The first kappa shape index (κ1) is 18.7. The van der Waals surface area contributed by atoms with E-state index in [-0.39, 0.29) is 18.0 Å². The van der Waals surface area contributed by atoms with Crippen LogP contribution in [0.1, 0.15) is 6.92 Å². The maximum absolute atomic E-state index is 12.6. The zero-order valence-corrected chi connectivity index (χ0v) is 12.3. The number of phenolic OH excluding ortho intramolecular Hbond substituents is 1. The lowest BCUT2D eigenvalue weighted by atomic mass is 10.3. The predicted octanol–water partition coefficient (Wildman–Crippen LogP) is 3.57. The van der Waals surface area contributed by atoms with Crippen molar-refractivity contribution in [3.63, 3.8) is 0 Å². The van der Waals surface area contributed by atoms with Gasteiger partial charge in [-0.3, -0.25) is 20.2 Å². The maximum atomic E-state index is 12.6. The summed E-state index contributed by atoms with van der Waals surface area (Å²) in [5.74, 6) is -1.94. The van der Waals surface area contributed by atoms with Crippen LogP contribution in [0.4, 0.5) is 20.2 Å². The third kappa shape index (κ3) is 5.16. The molecule has 2 aromatic rings. The van der Waals surface area contributed by atoms with E-state index < -0.39 is 32.9 Å². The van der Waals surface area contributed by atoms with Crippen molar-refractivity contribution in [1.82, 2.24) is 0 Å². The van der Waals surface area contributed by atoms with Gasteiger partial charge in [-0.15, -0.1) is 0 Å². The Bertz CT molecular complexity index is 754. The summed E-state index contributed by atoms with van der Waals surface area (Å²) >= 11 is 0. The lowest BCUT2D eigenvalue weighted by Crippen LogP contribution is -1.97. The van der Waals surface area contributed by atoms with Crippen LogP contribution in [0, 0.1) is 31.9 Å². The lowest BCUT2D eigenvalue weighted by Gasteiger charge is -2.02. The third-order valence-corrected chi connectivity index (χ3v) is 2.55. The Hall–Kier alpha value is -3.30. The van der Waals surface area contributed by atoms with Crippen molar-refractivity contribution in [1.29, 1.82) is 0 Å². The summed E-state index contributed by atoms with van der Waals surface area (Å²) in [5.41, 5.74) is -0.713. The smallest absolute Gasteiger partial charge is 0.311 e. The number of hydrogen-bond acceptors (Lipinski definition) is 6. The second-order valence-corrected chi connectivity index (χ2v) is 4.19. The monoisotopic (exact) mass is 342 g/mol. The van der Waals surface area contributed by atoms with Gasteiger partial charge >= 0.3 is 11.4 Å². The van der Waals surface area contributed by atoms with Crippen LogP contribution in [0.15, 0.2) is 36.4 Å². The largest absolute Gasteiger partial charge is 0.502 e. The number of nitro benzene ring substituents is 2. The van der Waals surface area contributed by atoms with Gasteiger partial charge in [-0.2, -0.15) is 0 Å². The first-order chi connectivity index (χ1) is 11.3. The molecule has 128 valence electrons. The fourth-order valence-corrected chi connectivity index (χ4v) is 1.56. The topological polar surface area (TPSA) is 116 Å². The summed E-state index contributed by atoms with van der Waals surface area (Å²) in [5, 5.41) is 29.2. The summed E-state index contributed by atoms with van der Waals surface area (Å²) < 4.78 is 29.8. The van der Waals surface area contributed by atoms with E-state index in [0.717, 1.165) is 30.3 Å². The van der Waals surface area contributed by atoms with Crippen LogP contribution >= 0.6 is 0 Å². The molecule has 10 heteroatoms. The van der Waals surface area contributed by atoms with Crippen LogP contribution in [0.25, 0.3) is 0 Å². The normalized spacial score (nSPS) is 9.62. The highest BCUT2D eigenvalue weighted by Crippen LogP contribution is 2.27. The molecule has 0 saturated heterocycles. The average Bonchev–Trinajstić information content (AvgIpc) is 2.47. The molecule has 1 N–H and O–H groups in total. The molecule has 0 aliphatic carbocycles. The van der Waals surface area contributed by atoms with Crippen LogP contribution < -0.4 is 4.74 Å². The average molecular weight is 342 g/mol. The fourth-order valence-electron chi connectivity index (χ4n) is 1.56. The molecule has 0 atom stereocenters. The van der Waals surface area contributed by atoms with Crippen molar-refractivity contribution >= 4 is 11.4 Å². The SMILES string of the molecule is CCOc1cc(F)ccc1[N+](=O)[O-].O=[N+]([O-])c1ccc(F)cc1O. The molecule has 2 rings (SSSR count). The van der Waals surface area contributed by atoms with Crippen molar-refractivity contribution in [2.24, 2.45) is 0 Å². The van der Waals surface area contributed by atoms with Gasteiger partial charge in [0, 0.05) is 24.3 Å². The number of hydrogen-bond donors (Lipinski definition) is 1. The van der Waals surface area contributed by atoms with E-state index in [0.29, 0.717) is 6.07 Å². The van der Waals surface area contributed by atoms with Crippen LogP contribution in [-0.4, -0.2) is 21.6 Å². The Morgan fingerprint density at radius 2 is 1.50 bits per heavy atom. The molecular weight excluding hydrogens is 330 g/mol. The first-order valence-electron chi connectivity index (χ1n) is 6.46. The van der Waals surface area contributed by atoms with Gasteiger partial charge in [-0.05, 0) is 19.1 Å². The van der Waals surface area contributed by atoms with E-state index in [9.17, 15) is 29.0 Å². The van der Waals surface area contributed by atoms with Crippen molar-refractivity contribution in [2.75, 3.05) is 6.61 Å². The van der Waals surface area contributed by atoms with Crippen LogP contribution in [0.2, 0.25) is 0 Å². The van der Waals surface area contributed by atoms with Crippen molar-refractivity contribution in [3.8, 4) is 11.5 Å². The standard InChI is InChI=1S/C8H8FNO3.C6H4FNO3/c1-2-13-8-5-6(9)3-4-7(8)10(11)12;7-4-1-2-5(8(10)11)6(9)3-4/h3-5H,2H2,1H3;1-3,9H. The minimum atomic E-state index is -0.783. The predicted molar refractivity (Wildman–Crippen MR) is 78.9 cm³/mol. The maximum Gasteiger partial charge on any atom is 0.311 e. The summed E-state index contributed by atoms with van der Waals surface area (Å²) in [4.78, 5) is 19.1. The molecule has 0 amide bonds. The van der Waals surface area contributed by atoms with E-state index in [1.165, 1.54) is 0 Å². The van der Waals surface area contributed by atoms with Crippen LogP contribution in [0.3, 0.4) is 0 Å². The van der Waals surface area contributed by atoms with Gasteiger partial charge in [0.25, 0.3) is 0 Å². The van der Waals surface area contributed by atoms with E-state index in [2.05, 4.69) is 0 Å². The number of ether oxygens (including phenoxy) is 1. The molecule has 0 radical (unpaired) electrons. The van der Waals surface area contributed by atoms with Gasteiger partial charge in [0.2, 0.25) is 0 Å². The Kier molecular flexibility index (Phi) is 6.53. The van der Waals surface area contributed by atoms with E-state index >= 15 is 0 Å². The highest BCUT2D eigenvalue weighted by atomic mass is 19.1. The van der Waals surface area contributed by atoms with Crippen molar-refractivity contribution in [3.05, 3.63) is 68.3 Å². The van der Waals surface area contributed by atoms with Gasteiger partial charge in [-0.25, -0.2) is 8.78 Å². The second-order valence-electron chi connectivity index (χ2n) is 4.19. The van der Waals surface area contributed by atoms with Gasteiger partial charge in [0.05, 0.1) is 16.5 Å². The molecule has 8 nitrogen and oxygen atoms in total. The van der Waals surface area contributed by atoms with E-state index in [4.69, 9.17) is 9.84 Å². The molecule has 0 spiro atoms. The summed E-state index contributed by atoms with van der Waals surface area (Å²) in [6.07, 6.45) is 0. The van der Waals surface area contributed by atoms with E-state index in [1.54, 1.807) is 6.92 Å². The fraction of sp³-hybridized carbons (Fsp3) is 0.143. The molecule has 0 aromatic heterocycles. The molecular formula is C14H12F2N2O6. The quantitative estimate of drug-likeness (QED) is 0.671. The van der Waals surface area contributed by atoms with Crippen molar-refractivity contribution < 1.29 is 28.5 Å². The molecule has 0 aliphatic rings. The minimum absolute atomic E-state index is 0.0347. The summed E-state index contributed by atoms with van der Waals surface area (Å²) in [6, 6.07) is 5.63. The summed E-state index contributed by atoms with van der Waals surface area (Å²) in [7, 11) is 0. The zero-order valence-electron chi connectivity index (χ0n) is 12.3. The Morgan fingerprint density at radius 3 is 1.96 bits per heavy atom. The number of nitrogens with zero attached hydrogens (tertiary/aromatic N) is 2. The number of nitro groups is 2. The van der Waals surface area contributed by atoms with Crippen LogP contribution in [-0.2, 0) is 0 Å². The Balaban J connectivity index is 0.000000243. The highest BCUT2D eigenvalue weighted by molar-refractivity contribution is 5.46. The zero-order chi connectivity index (χ0) is 18.3. The van der Waals surface area contributed by atoms with Gasteiger partial charge < -0.3 is 9.84 Å². The van der Waals surface area contributed by atoms with Gasteiger partial charge in [0.1, 0.15) is 11.6 Å². The molecule has 0 saturated carbocycles. The number of rotatable bonds is 4. The molecule has 0 heterocycles. The van der Waals surface area contributed by atoms with E-state index in [1.807, 2.05) is 0 Å². The Morgan fingerprint density at radius 1 is 1.00 bits per heavy atom. The van der Waals surface area contributed by atoms with Gasteiger partial charge in [0.15, 0.2) is 11.5 Å². The third-order valence-electron chi connectivity index (χ3n) is 2.55. The summed E-state index contributed by atoms with van der Waals surface area (Å²) in [6.45, 7) is 1.94. The van der Waals surface area contributed by atoms with Crippen molar-refractivity contribution in [2.45, 2.75) is 6.92 Å².